The van der Waals surface area contributed by atoms with Crippen molar-refractivity contribution in [3.63, 3.8) is 0 Å². The average Bonchev–Trinajstić information content (AvgIpc) is 2.56. The topological polar surface area (TPSA) is 37.0 Å². The lowest BCUT2D eigenvalue weighted by Gasteiger charge is -2.32. The molecule has 0 spiro atoms. The molecule has 2 unspecified atom stereocenters. The van der Waals surface area contributed by atoms with Crippen molar-refractivity contribution in [3.8, 4) is 0 Å². The largest absolute Gasteiger partial charge is 0.314 e. The third kappa shape index (κ3) is 1.61. The van der Waals surface area contributed by atoms with Crippen LogP contribution in [0.3, 0.4) is 0 Å². The van der Waals surface area contributed by atoms with Gasteiger partial charge in [0.25, 0.3) is 0 Å². The molecule has 2 N–H and O–H groups in total. The molecule has 0 amide bonds. The van der Waals surface area contributed by atoms with E-state index in [-0.39, 0.29) is 5.41 Å². The standard InChI is InChI=1S/C11H14BrN3/c12-8-1-2-10(14-4-8)11-3-9(15-7-11)5-13-6-11/h1-2,4,9,13,15H,3,5-7H2. The van der Waals surface area contributed by atoms with Gasteiger partial charge in [-0.1, -0.05) is 0 Å². The first-order chi connectivity index (χ1) is 7.28. The molecule has 3 heterocycles. The summed E-state index contributed by atoms with van der Waals surface area (Å²) in [6.07, 6.45) is 3.11. The van der Waals surface area contributed by atoms with Crippen LogP contribution in [0, 0.1) is 0 Å². The molecule has 2 bridgehead atoms. The molecule has 15 heavy (non-hydrogen) atoms. The molecular weight excluding hydrogens is 254 g/mol. The van der Waals surface area contributed by atoms with E-state index in [1.165, 1.54) is 12.1 Å². The molecule has 3 nitrogen and oxygen atoms in total. The maximum Gasteiger partial charge on any atom is 0.0492 e. The van der Waals surface area contributed by atoms with E-state index in [0.29, 0.717) is 6.04 Å². The second kappa shape index (κ2) is 3.54. The van der Waals surface area contributed by atoms with Crippen molar-refractivity contribution in [2.45, 2.75) is 17.9 Å². The van der Waals surface area contributed by atoms with Crippen LogP contribution in [0.15, 0.2) is 22.8 Å². The summed E-state index contributed by atoms with van der Waals surface area (Å²) in [6.45, 7) is 3.20. The maximum atomic E-state index is 4.54. The highest BCUT2D eigenvalue weighted by molar-refractivity contribution is 9.10. The molecule has 2 atom stereocenters. The predicted molar refractivity (Wildman–Crippen MR) is 62.9 cm³/mol. The summed E-state index contributed by atoms with van der Waals surface area (Å²) < 4.78 is 1.05. The smallest absolute Gasteiger partial charge is 0.0492 e. The molecule has 2 saturated heterocycles. The number of piperidine rings is 1. The fraction of sp³-hybridized carbons (Fsp3) is 0.545. The molecule has 2 aliphatic rings. The van der Waals surface area contributed by atoms with Gasteiger partial charge in [-0.05, 0) is 34.5 Å². The highest BCUT2D eigenvalue weighted by Gasteiger charge is 2.43. The highest BCUT2D eigenvalue weighted by Crippen LogP contribution is 2.34. The molecule has 2 aliphatic heterocycles. The molecular formula is C11H14BrN3. The van der Waals surface area contributed by atoms with E-state index in [2.05, 4.69) is 43.7 Å². The van der Waals surface area contributed by atoms with Crippen molar-refractivity contribution in [2.75, 3.05) is 19.6 Å². The Morgan fingerprint density at radius 2 is 2.33 bits per heavy atom. The maximum absolute atomic E-state index is 4.54. The van der Waals surface area contributed by atoms with Crippen molar-refractivity contribution in [3.05, 3.63) is 28.5 Å². The Morgan fingerprint density at radius 3 is 3.13 bits per heavy atom. The van der Waals surface area contributed by atoms with Gasteiger partial charge in [-0.2, -0.15) is 0 Å². The van der Waals surface area contributed by atoms with Crippen LogP contribution >= 0.6 is 15.9 Å². The number of nitrogens with zero attached hydrogens (tertiary/aromatic N) is 1. The Balaban J connectivity index is 1.95. The summed E-state index contributed by atoms with van der Waals surface area (Å²) in [5, 5.41) is 7.04. The van der Waals surface area contributed by atoms with Crippen LogP contribution in [0.1, 0.15) is 12.1 Å². The lowest BCUT2D eigenvalue weighted by atomic mass is 9.79. The van der Waals surface area contributed by atoms with Crippen LogP contribution < -0.4 is 10.6 Å². The van der Waals surface area contributed by atoms with Gasteiger partial charge in [0.2, 0.25) is 0 Å². The third-order valence-electron chi connectivity index (χ3n) is 3.49. The number of nitrogens with one attached hydrogen (secondary N) is 2. The van der Waals surface area contributed by atoms with E-state index in [4.69, 9.17) is 0 Å². The molecule has 0 saturated carbocycles. The van der Waals surface area contributed by atoms with Gasteiger partial charge in [0.05, 0.1) is 0 Å². The van der Waals surface area contributed by atoms with Gasteiger partial charge in [0.1, 0.15) is 0 Å². The molecule has 2 fully saturated rings. The zero-order chi connectivity index (χ0) is 10.3. The van der Waals surface area contributed by atoms with Crippen LogP contribution in [0.4, 0.5) is 0 Å². The number of halogens is 1. The van der Waals surface area contributed by atoms with E-state index in [1.807, 2.05) is 6.20 Å². The molecule has 1 aromatic heterocycles. The molecule has 0 aliphatic carbocycles. The summed E-state index contributed by atoms with van der Waals surface area (Å²) in [4.78, 5) is 4.54. The lowest BCUT2D eigenvalue weighted by molar-refractivity contribution is 0.363. The number of rotatable bonds is 1. The van der Waals surface area contributed by atoms with Gasteiger partial charge in [-0.25, -0.2) is 0 Å². The predicted octanol–water partition coefficient (Wildman–Crippen LogP) is 1.05. The van der Waals surface area contributed by atoms with E-state index in [9.17, 15) is 0 Å². The molecule has 0 aromatic carbocycles. The van der Waals surface area contributed by atoms with E-state index >= 15 is 0 Å². The second-order valence-corrected chi connectivity index (χ2v) is 5.47. The number of aromatic nitrogens is 1. The summed E-state index contributed by atoms with van der Waals surface area (Å²) in [6, 6.07) is 4.85. The minimum absolute atomic E-state index is 0.226. The molecule has 0 radical (unpaired) electrons. The van der Waals surface area contributed by atoms with Gasteiger partial charge in [-0.15, -0.1) is 0 Å². The number of hydrogen-bond acceptors (Lipinski definition) is 3. The van der Waals surface area contributed by atoms with E-state index in [1.54, 1.807) is 0 Å². The van der Waals surface area contributed by atoms with Gasteiger partial charge in [-0.3, -0.25) is 4.98 Å². The Morgan fingerprint density at radius 1 is 1.40 bits per heavy atom. The first-order valence-corrected chi connectivity index (χ1v) is 6.14. The van der Waals surface area contributed by atoms with Crippen LogP contribution in [0.5, 0.6) is 0 Å². The Bertz CT molecular complexity index is 361. The quantitative estimate of drug-likeness (QED) is 0.799. The van der Waals surface area contributed by atoms with Crippen molar-refractivity contribution < 1.29 is 0 Å². The van der Waals surface area contributed by atoms with E-state index in [0.717, 1.165) is 24.1 Å². The highest BCUT2D eigenvalue weighted by atomic mass is 79.9. The van der Waals surface area contributed by atoms with Crippen LogP contribution in [-0.4, -0.2) is 30.7 Å². The molecule has 3 rings (SSSR count). The van der Waals surface area contributed by atoms with Crippen molar-refractivity contribution >= 4 is 15.9 Å². The fourth-order valence-electron chi connectivity index (χ4n) is 2.70. The van der Waals surface area contributed by atoms with Crippen molar-refractivity contribution in [2.24, 2.45) is 0 Å². The van der Waals surface area contributed by atoms with Gasteiger partial charge in [0.15, 0.2) is 0 Å². The number of pyridine rings is 1. The average molecular weight is 268 g/mol. The van der Waals surface area contributed by atoms with E-state index < -0.39 is 0 Å². The number of hydrogen-bond donors (Lipinski definition) is 2. The van der Waals surface area contributed by atoms with Crippen LogP contribution in [0.25, 0.3) is 0 Å². The van der Waals surface area contributed by atoms with Crippen molar-refractivity contribution in [1.29, 1.82) is 0 Å². The number of fused-ring (bicyclic) bond motifs is 2. The minimum atomic E-state index is 0.226. The normalized spacial score (nSPS) is 34.3. The van der Waals surface area contributed by atoms with Crippen LogP contribution in [-0.2, 0) is 5.41 Å². The van der Waals surface area contributed by atoms with Gasteiger partial charge in [0, 0.05) is 47.5 Å². The van der Waals surface area contributed by atoms with Crippen molar-refractivity contribution in [1.82, 2.24) is 15.6 Å². The molecule has 80 valence electrons. The fourth-order valence-corrected chi connectivity index (χ4v) is 2.93. The SMILES string of the molecule is Brc1ccc(C23CNCC(C2)NC3)nc1. The minimum Gasteiger partial charge on any atom is -0.314 e. The summed E-state index contributed by atoms with van der Waals surface area (Å²) in [5.74, 6) is 0. The third-order valence-corrected chi connectivity index (χ3v) is 3.96. The molecule has 1 aromatic rings. The zero-order valence-electron chi connectivity index (χ0n) is 8.46. The van der Waals surface area contributed by atoms with Gasteiger partial charge >= 0.3 is 0 Å². The Hall–Kier alpha value is -0.450. The van der Waals surface area contributed by atoms with Gasteiger partial charge < -0.3 is 10.6 Å². The lowest BCUT2D eigenvalue weighted by Crippen LogP contribution is -2.45. The second-order valence-electron chi connectivity index (χ2n) is 4.55. The summed E-state index contributed by atoms with van der Waals surface area (Å²) in [7, 11) is 0. The molecule has 4 heteroatoms. The zero-order valence-corrected chi connectivity index (χ0v) is 10.0. The Kier molecular flexibility index (Phi) is 2.30. The van der Waals surface area contributed by atoms with Crippen LogP contribution in [0.2, 0.25) is 0 Å². The first kappa shape index (κ1) is 9.75. The summed E-state index contributed by atoms with van der Waals surface area (Å²) >= 11 is 3.43. The monoisotopic (exact) mass is 267 g/mol. The summed E-state index contributed by atoms with van der Waals surface area (Å²) in [5.41, 5.74) is 1.44. The Labute approximate surface area is 97.8 Å². The first-order valence-electron chi connectivity index (χ1n) is 5.35.